The lowest BCUT2D eigenvalue weighted by molar-refractivity contribution is -0.137. The second-order valence-electron chi connectivity index (χ2n) is 7.25. The second-order valence-corrected chi connectivity index (χ2v) is 8.60. The van der Waals surface area contributed by atoms with Crippen molar-refractivity contribution >= 4 is 51.6 Å². The number of nitrogens with zero attached hydrogens (tertiary/aromatic N) is 5. The summed E-state index contributed by atoms with van der Waals surface area (Å²) in [6, 6.07) is 2.07. The van der Waals surface area contributed by atoms with Crippen LogP contribution < -0.4 is 5.73 Å². The molecule has 1 aromatic heterocycles. The molecule has 170 valence electrons. The Kier molecular flexibility index (Phi) is 7.50. The molecule has 0 aliphatic heterocycles. The Morgan fingerprint density at radius 1 is 1.34 bits per heavy atom. The molecule has 32 heavy (non-hydrogen) atoms. The number of hydrogen-bond acceptors (Lipinski definition) is 4. The minimum atomic E-state index is -4.64. The first-order chi connectivity index (χ1) is 15.1. The SMILES string of the molecule is CC(C(N=CN)=Nc1ncc(Br)cn1)N(CC1CC1)C(=O)c1cc(Cl)cc(C(F)(F)F)c1. The van der Waals surface area contributed by atoms with Gasteiger partial charge in [-0.15, -0.1) is 0 Å². The molecule has 1 saturated carbocycles. The highest BCUT2D eigenvalue weighted by Gasteiger charge is 2.35. The van der Waals surface area contributed by atoms with Gasteiger partial charge in [-0.1, -0.05) is 11.6 Å². The number of benzene rings is 1. The maximum absolute atomic E-state index is 13.3. The number of aliphatic imine (C=N–C) groups is 2. The molecule has 1 heterocycles. The molecule has 2 N–H and O–H groups in total. The fourth-order valence-corrected chi connectivity index (χ4v) is 3.39. The summed E-state index contributed by atoms with van der Waals surface area (Å²) in [5, 5.41) is -0.181. The van der Waals surface area contributed by atoms with E-state index in [2.05, 4.69) is 35.9 Å². The molecule has 2 aromatic rings. The molecule has 0 spiro atoms. The number of nitrogens with two attached hydrogens (primary N) is 1. The molecule has 0 radical (unpaired) electrons. The quantitative estimate of drug-likeness (QED) is 0.425. The predicted molar refractivity (Wildman–Crippen MR) is 119 cm³/mol. The number of amides is 1. The van der Waals surface area contributed by atoms with E-state index < -0.39 is 23.7 Å². The molecule has 1 aliphatic rings. The molecular formula is C20H19BrClF3N6O. The first-order valence-electron chi connectivity index (χ1n) is 9.57. The zero-order chi connectivity index (χ0) is 23.5. The zero-order valence-electron chi connectivity index (χ0n) is 16.9. The van der Waals surface area contributed by atoms with Crippen LogP contribution in [-0.2, 0) is 6.18 Å². The van der Waals surface area contributed by atoms with Gasteiger partial charge in [0.2, 0.25) is 0 Å². The molecule has 0 bridgehead atoms. The van der Waals surface area contributed by atoms with Crippen molar-refractivity contribution in [2.45, 2.75) is 32.0 Å². The highest BCUT2D eigenvalue weighted by molar-refractivity contribution is 9.10. The van der Waals surface area contributed by atoms with E-state index in [9.17, 15) is 18.0 Å². The number of rotatable bonds is 6. The van der Waals surface area contributed by atoms with Crippen molar-refractivity contribution in [2.24, 2.45) is 21.6 Å². The summed E-state index contributed by atoms with van der Waals surface area (Å²) in [5.74, 6) is -0.132. The van der Waals surface area contributed by atoms with E-state index in [1.54, 1.807) is 6.92 Å². The third kappa shape index (κ3) is 6.26. The molecule has 7 nitrogen and oxygen atoms in total. The van der Waals surface area contributed by atoms with Gasteiger partial charge in [-0.3, -0.25) is 4.79 Å². The van der Waals surface area contributed by atoms with Gasteiger partial charge in [0.1, 0.15) is 0 Å². The van der Waals surface area contributed by atoms with Crippen molar-refractivity contribution in [3.63, 3.8) is 0 Å². The molecule has 1 unspecified atom stereocenters. The Balaban J connectivity index is 1.98. The number of halogens is 5. The van der Waals surface area contributed by atoms with Gasteiger partial charge < -0.3 is 10.6 Å². The van der Waals surface area contributed by atoms with Crippen LogP contribution >= 0.6 is 27.5 Å². The Labute approximate surface area is 195 Å². The van der Waals surface area contributed by atoms with Gasteiger partial charge in [0.05, 0.1) is 22.4 Å². The topological polar surface area (TPSA) is 96.8 Å². The van der Waals surface area contributed by atoms with E-state index in [0.717, 1.165) is 31.3 Å². The number of aromatic nitrogens is 2. The van der Waals surface area contributed by atoms with Gasteiger partial charge in [-0.2, -0.15) is 18.2 Å². The normalized spacial score (nSPS) is 15.8. The van der Waals surface area contributed by atoms with Crippen LogP contribution in [-0.4, -0.2) is 45.5 Å². The molecule has 1 aliphatic carbocycles. The van der Waals surface area contributed by atoms with Crippen LogP contribution in [0.1, 0.15) is 35.7 Å². The Bertz CT molecular complexity index is 1040. The van der Waals surface area contributed by atoms with Crippen LogP contribution in [0, 0.1) is 5.92 Å². The summed E-state index contributed by atoms with van der Waals surface area (Å²) < 4.78 is 40.4. The van der Waals surface area contributed by atoms with Crippen LogP contribution in [0.3, 0.4) is 0 Å². The maximum atomic E-state index is 13.3. The summed E-state index contributed by atoms with van der Waals surface area (Å²) in [6.07, 6.45) is 1.22. The van der Waals surface area contributed by atoms with Gasteiger partial charge in [0, 0.05) is 29.5 Å². The molecular weight excluding hydrogens is 513 g/mol. The molecule has 1 aromatic carbocycles. The molecule has 1 fully saturated rings. The monoisotopic (exact) mass is 530 g/mol. The number of amidine groups is 1. The van der Waals surface area contributed by atoms with Crippen molar-refractivity contribution in [3.8, 4) is 0 Å². The smallest absolute Gasteiger partial charge is 0.390 e. The Morgan fingerprint density at radius 2 is 2.00 bits per heavy atom. The summed E-state index contributed by atoms with van der Waals surface area (Å²) in [4.78, 5) is 31.2. The fourth-order valence-electron chi connectivity index (χ4n) is 2.95. The molecule has 1 atom stereocenters. The van der Waals surface area contributed by atoms with E-state index in [1.165, 1.54) is 23.4 Å². The minimum absolute atomic E-state index is 0.0987. The highest BCUT2D eigenvalue weighted by Crippen LogP contribution is 2.34. The van der Waals surface area contributed by atoms with Crippen LogP contribution in [0.4, 0.5) is 19.1 Å². The average Bonchev–Trinajstić information content (AvgIpc) is 3.55. The summed E-state index contributed by atoms with van der Waals surface area (Å²) in [5.41, 5.74) is 4.30. The van der Waals surface area contributed by atoms with Crippen LogP contribution in [0.25, 0.3) is 0 Å². The fraction of sp³-hybridized carbons (Fsp3) is 0.350. The first-order valence-corrected chi connectivity index (χ1v) is 10.7. The third-order valence-electron chi connectivity index (χ3n) is 4.75. The summed E-state index contributed by atoms with van der Waals surface area (Å²) >= 11 is 9.11. The average molecular weight is 532 g/mol. The standard InChI is InChI=1S/C20H19BrClF3N6O/c1-11(17(29-10-26)30-19-27-7-15(21)8-28-19)31(9-12-2-3-12)18(32)13-4-14(20(23,24)25)6-16(22)5-13/h4-8,10-12H,2-3,9H2,1H3,(H2,26,27,28,29,30). The van der Waals surface area contributed by atoms with Gasteiger partial charge in [0.15, 0.2) is 5.84 Å². The van der Waals surface area contributed by atoms with Gasteiger partial charge in [0.25, 0.3) is 11.9 Å². The van der Waals surface area contributed by atoms with Crippen LogP contribution in [0.2, 0.25) is 5.02 Å². The zero-order valence-corrected chi connectivity index (χ0v) is 19.2. The van der Waals surface area contributed by atoms with E-state index in [-0.39, 0.29) is 28.3 Å². The van der Waals surface area contributed by atoms with Crippen LogP contribution in [0.5, 0.6) is 0 Å². The molecule has 0 saturated heterocycles. The Morgan fingerprint density at radius 3 is 2.56 bits per heavy atom. The number of carbonyl (C=O) groups is 1. The molecule has 1 amide bonds. The maximum Gasteiger partial charge on any atom is 0.416 e. The predicted octanol–water partition coefficient (Wildman–Crippen LogP) is 4.87. The Hall–Kier alpha value is -2.53. The van der Waals surface area contributed by atoms with E-state index >= 15 is 0 Å². The number of carbonyl (C=O) groups excluding carboxylic acids is 1. The lowest BCUT2D eigenvalue weighted by Crippen LogP contribution is -2.44. The van der Waals surface area contributed by atoms with E-state index in [0.29, 0.717) is 11.0 Å². The van der Waals surface area contributed by atoms with Crippen molar-refractivity contribution in [1.82, 2.24) is 14.9 Å². The van der Waals surface area contributed by atoms with Crippen molar-refractivity contribution < 1.29 is 18.0 Å². The third-order valence-corrected chi connectivity index (χ3v) is 5.38. The summed E-state index contributed by atoms with van der Waals surface area (Å²) in [7, 11) is 0. The van der Waals surface area contributed by atoms with E-state index in [4.69, 9.17) is 17.3 Å². The van der Waals surface area contributed by atoms with Crippen molar-refractivity contribution in [1.29, 1.82) is 0 Å². The van der Waals surface area contributed by atoms with Gasteiger partial charge in [-0.05, 0) is 59.8 Å². The van der Waals surface area contributed by atoms with Crippen LogP contribution in [0.15, 0.2) is 45.1 Å². The molecule has 12 heteroatoms. The van der Waals surface area contributed by atoms with Crippen molar-refractivity contribution in [3.05, 3.63) is 51.2 Å². The van der Waals surface area contributed by atoms with Gasteiger partial charge in [-0.25, -0.2) is 15.0 Å². The molecule has 3 rings (SSSR count). The summed E-state index contributed by atoms with van der Waals surface area (Å²) in [6.45, 7) is 1.99. The van der Waals surface area contributed by atoms with Gasteiger partial charge >= 0.3 is 6.18 Å². The second kappa shape index (κ2) is 9.95. The highest BCUT2D eigenvalue weighted by atomic mass is 79.9. The first kappa shape index (κ1) is 24.1. The largest absolute Gasteiger partial charge is 0.416 e. The minimum Gasteiger partial charge on any atom is -0.390 e. The lowest BCUT2D eigenvalue weighted by atomic mass is 10.1. The number of alkyl halides is 3. The lowest BCUT2D eigenvalue weighted by Gasteiger charge is -2.29. The van der Waals surface area contributed by atoms with E-state index in [1.807, 2.05) is 0 Å². The van der Waals surface area contributed by atoms with Crippen molar-refractivity contribution in [2.75, 3.05) is 6.54 Å². The number of hydrogen-bond donors (Lipinski definition) is 1.